The lowest BCUT2D eigenvalue weighted by molar-refractivity contribution is -0.143. The zero-order valence-electron chi connectivity index (χ0n) is 14.7. The average Bonchev–Trinajstić information content (AvgIpc) is 3.15. The number of hydrogen-bond acceptors (Lipinski definition) is 5. The molecule has 0 radical (unpaired) electrons. The molecule has 0 spiro atoms. The monoisotopic (exact) mass is 377 g/mol. The first kappa shape index (κ1) is 20.4. The van der Waals surface area contributed by atoms with Gasteiger partial charge in [-0.2, -0.15) is 0 Å². The van der Waals surface area contributed by atoms with Crippen molar-refractivity contribution in [2.45, 2.75) is 43.8 Å². The Labute approximate surface area is 156 Å². The molecule has 0 aliphatic carbocycles. The largest absolute Gasteiger partial charge is 0.481 e. The Morgan fingerprint density at radius 2 is 1.78 bits per heavy atom. The molecule has 9 nitrogen and oxygen atoms in total. The van der Waals surface area contributed by atoms with E-state index >= 15 is 0 Å². The van der Waals surface area contributed by atoms with Crippen LogP contribution in [0.4, 0.5) is 0 Å². The Balaban J connectivity index is 2.04. The van der Waals surface area contributed by atoms with Gasteiger partial charge in [-0.15, -0.1) is 0 Å². The molecule has 27 heavy (non-hydrogen) atoms. The molecule has 5 N–H and O–H groups in total. The zero-order chi connectivity index (χ0) is 19.8. The highest BCUT2D eigenvalue weighted by Crippen LogP contribution is 2.07. The predicted octanol–water partition coefficient (Wildman–Crippen LogP) is -0.490. The summed E-state index contributed by atoms with van der Waals surface area (Å²) in [6.07, 6.45) is 0.812. The van der Waals surface area contributed by atoms with Crippen molar-refractivity contribution in [3.05, 3.63) is 35.9 Å². The van der Waals surface area contributed by atoms with Gasteiger partial charge in [0, 0.05) is 6.42 Å². The van der Waals surface area contributed by atoms with Gasteiger partial charge in [-0.3, -0.25) is 14.4 Å². The topological polar surface area (TPSA) is 145 Å². The maximum atomic E-state index is 12.5. The lowest BCUT2D eigenvalue weighted by Gasteiger charge is -2.22. The molecule has 1 saturated heterocycles. The molecule has 1 aromatic carbocycles. The molecule has 3 unspecified atom stereocenters. The number of carbonyl (C=O) groups excluding carboxylic acids is 2. The van der Waals surface area contributed by atoms with Crippen LogP contribution in [0.5, 0.6) is 0 Å². The van der Waals surface area contributed by atoms with Gasteiger partial charge in [-0.1, -0.05) is 30.3 Å². The van der Waals surface area contributed by atoms with Gasteiger partial charge in [0.2, 0.25) is 11.8 Å². The number of carboxylic acid groups (broad SMARTS) is 2. The van der Waals surface area contributed by atoms with Crippen LogP contribution in [0.3, 0.4) is 0 Å². The Kier molecular flexibility index (Phi) is 7.30. The van der Waals surface area contributed by atoms with E-state index in [4.69, 9.17) is 5.11 Å². The first-order valence-electron chi connectivity index (χ1n) is 8.69. The van der Waals surface area contributed by atoms with E-state index < -0.39 is 48.3 Å². The molecule has 146 valence electrons. The Hall–Kier alpha value is -2.94. The molecule has 0 bridgehead atoms. The minimum atomic E-state index is -1.35. The zero-order valence-corrected chi connectivity index (χ0v) is 14.7. The Bertz CT molecular complexity index is 688. The van der Waals surface area contributed by atoms with Gasteiger partial charge in [0.1, 0.15) is 12.1 Å². The smallest absolute Gasteiger partial charge is 0.326 e. The number of carbonyl (C=O) groups is 4. The first-order valence-corrected chi connectivity index (χ1v) is 8.69. The lowest BCUT2D eigenvalue weighted by Crippen LogP contribution is -2.55. The highest BCUT2D eigenvalue weighted by molar-refractivity contribution is 5.94. The molecule has 0 saturated carbocycles. The van der Waals surface area contributed by atoms with Gasteiger partial charge < -0.3 is 26.2 Å². The van der Waals surface area contributed by atoms with Crippen molar-refractivity contribution in [2.24, 2.45) is 0 Å². The fourth-order valence-corrected chi connectivity index (χ4v) is 2.89. The van der Waals surface area contributed by atoms with Crippen LogP contribution in [0.15, 0.2) is 30.3 Å². The molecule has 2 rings (SSSR count). The molecule has 3 atom stereocenters. The summed E-state index contributed by atoms with van der Waals surface area (Å²) >= 11 is 0. The van der Waals surface area contributed by atoms with E-state index in [9.17, 15) is 24.3 Å². The second-order valence-electron chi connectivity index (χ2n) is 6.40. The van der Waals surface area contributed by atoms with E-state index in [0.29, 0.717) is 18.5 Å². The highest BCUT2D eigenvalue weighted by atomic mass is 16.4. The van der Waals surface area contributed by atoms with Crippen molar-refractivity contribution in [3.63, 3.8) is 0 Å². The summed E-state index contributed by atoms with van der Waals surface area (Å²) in [4.78, 5) is 47.2. The molecular weight excluding hydrogens is 354 g/mol. The molecule has 0 aromatic heterocycles. The SMILES string of the molecule is O=C(O)CC(NC(=O)C1CCCN1)C(=O)NC(Cc1ccccc1)C(=O)O. The maximum Gasteiger partial charge on any atom is 0.326 e. The van der Waals surface area contributed by atoms with E-state index in [1.165, 1.54) is 0 Å². The van der Waals surface area contributed by atoms with E-state index in [1.54, 1.807) is 30.3 Å². The van der Waals surface area contributed by atoms with Gasteiger partial charge >= 0.3 is 11.9 Å². The third-order valence-electron chi connectivity index (χ3n) is 4.29. The number of amides is 2. The third kappa shape index (κ3) is 6.37. The van der Waals surface area contributed by atoms with Crippen LogP contribution in [-0.2, 0) is 25.6 Å². The van der Waals surface area contributed by atoms with Crippen molar-refractivity contribution >= 4 is 23.8 Å². The predicted molar refractivity (Wildman–Crippen MR) is 94.9 cm³/mol. The van der Waals surface area contributed by atoms with Crippen LogP contribution >= 0.6 is 0 Å². The number of hydrogen-bond donors (Lipinski definition) is 5. The van der Waals surface area contributed by atoms with E-state index in [-0.39, 0.29) is 6.42 Å². The maximum absolute atomic E-state index is 12.5. The summed E-state index contributed by atoms with van der Waals surface area (Å²) in [5.41, 5.74) is 0.708. The normalized spacial score (nSPS) is 18.3. The van der Waals surface area contributed by atoms with Gasteiger partial charge in [-0.25, -0.2) is 4.79 Å². The number of aliphatic carboxylic acids is 2. The van der Waals surface area contributed by atoms with Gasteiger partial charge in [0.15, 0.2) is 0 Å². The van der Waals surface area contributed by atoms with Crippen molar-refractivity contribution < 1.29 is 29.4 Å². The Morgan fingerprint density at radius 1 is 1.07 bits per heavy atom. The fraction of sp³-hybridized carbons (Fsp3) is 0.444. The van der Waals surface area contributed by atoms with Gasteiger partial charge in [0.25, 0.3) is 0 Å². The van der Waals surface area contributed by atoms with Gasteiger partial charge in [-0.05, 0) is 24.9 Å². The van der Waals surface area contributed by atoms with Crippen molar-refractivity contribution in [1.29, 1.82) is 0 Å². The van der Waals surface area contributed by atoms with Crippen molar-refractivity contribution in [1.82, 2.24) is 16.0 Å². The summed E-state index contributed by atoms with van der Waals surface area (Å²) in [6.45, 7) is 0.673. The first-order chi connectivity index (χ1) is 12.9. The summed E-state index contributed by atoms with van der Waals surface area (Å²) < 4.78 is 0. The van der Waals surface area contributed by atoms with Crippen LogP contribution < -0.4 is 16.0 Å². The summed E-state index contributed by atoms with van der Waals surface area (Å²) in [6, 6.07) is 5.67. The van der Waals surface area contributed by atoms with Crippen LogP contribution in [0, 0.1) is 0 Å². The van der Waals surface area contributed by atoms with Crippen molar-refractivity contribution in [3.8, 4) is 0 Å². The average molecular weight is 377 g/mol. The van der Waals surface area contributed by atoms with Gasteiger partial charge in [0.05, 0.1) is 12.5 Å². The molecule has 1 aliphatic rings. The Morgan fingerprint density at radius 3 is 2.33 bits per heavy atom. The lowest BCUT2D eigenvalue weighted by atomic mass is 10.0. The minimum absolute atomic E-state index is 0.0415. The molecule has 1 heterocycles. The highest BCUT2D eigenvalue weighted by Gasteiger charge is 2.31. The van der Waals surface area contributed by atoms with Crippen LogP contribution in [0.1, 0.15) is 24.8 Å². The van der Waals surface area contributed by atoms with Crippen LogP contribution in [0.2, 0.25) is 0 Å². The standard InChI is InChI=1S/C18H23N3O6/c22-15(23)10-13(20-16(24)12-7-4-8-19-12)17(25)21-14(18(26)27)9-11-5-2-1-3-6-11/h1-3,5-6,12-14,19H,4,7-10H2,(H,20,24)(H,21,25)(H,22,23)(H,26,27). The number of benzene rings is 1. The van der Waals surface area contributed by atoms with E-state index in [2.05, 4.69) is 16.0 Å². The summed E-state index contributed by atoms with van der Waals surface area (Å²) in [7, 11) is 0. The molecular formula is C18H23N3O6. The van der Waals surface area contributed by atoms with E-state index in [1.807, 2.05) is 0 Å². The second-order valence-corrected chi connectivity index (χ2v) is 6.40. The number of carboxylic acids is 2. The molecule has 1 fully saturated rings. The molecule has 1 aromatic rings. The second kappa shape index (κ2) is 9.67. The molecule has 1 aliphatic heterocycles. The quantitative estimate of drug-likeness (QED) is 0.390. The summed E-state index contributed by atoms with van der Waals surface area (Å²) in [5, 5.41) is 26.1. The molecule has 2 amide bonds. The molecule has 9 heteroatoms. The number of rotatable bonds is 9. The third-order valence-corrected chi connectivity index (χ3v) is 4.29. The van der Waals surface area contributed by atoms with Crippen LogP contribution in [0.25, 0.3) is 0 Å². The van der Waals surface area contributed by atoms with E-state index in [0.717, 1.165) is 6.42 Å². The van der Waals surface area contributed by atoms with Crippen LogP contribution in [-0.4, -0.2) is 58.6 Å². The fourth-order valence-electron chi connectivity index (χ4n) is 2.89. The van der Waals surface area contributed by atoms with Crippen molar-refractivity contribution in [2.75, 3.05) is 6.54 Å². The summed E-state index contributed by atoms with van der Waals surface area (Å²) in [5.74, 6) is -3.83. The minimum Gasteiger partial charge on any atom is -0.481 e. The number of nitrogens with one attached hydrogen (secondary N) is 3.